The van der Waals surface area contributed by atoms with Gasteiger partial charge in [0.1, 0.15) is 5.70 Å². The first-order valence-electron chi connectivity index (χ1n) is 3.64. The van der Waals surface area contributed by atoms with Crippen molar-refractivity contribution in [3.63, 3.8) is 0 Å². The van der Waals surface area contributed by atoms with Gasteiger partial charge in [-0.1, -0.05) is 13.8 Å². The van der Waals surface area contributed by atoms with E-state index in [1.165, 1.54) is 12.3 Å². The van der Waals surface area contributed by atoms with Gasteiger partial charge in [0.2, 0.25) is 0 Å². The Balaban J connectivity index is 2.92. The van der Waals surface area contributed by atoms with Crippen LogP contribution < -0.4 is 0 Å². The summed E-state index contributed by atoms with van der Waals surface area (Å²) in [6.45, 7) is 3.51. The molecule has 0 bridgehead atoms. The summed E-state index contributed by atoms with van der Waals surface area (Å²) in [7, 11) is 0. The minimum Gasteiger partial charge on any atom is -0.256 e. The van der Waals surface area contributed by atoms with E-state index in [0.29, 0.717) is 6.42 Å². The lowest BCUT2D eigenvalue weighted by Crippen LogP contribution is -2.19. The zero-order valence-corrected chi connectivity index (χ0v) is 6.94. The molecule has 1 aliphatic rings. The average molecular weight is 177 g/mol. The Morgan fingerprint density at radius 1 is 1.42 bits per heavy atom. The van der Waals surface area contributed by atoms with Gasteiger partial charge in [0, 0.05) is 6.21 Å². The van der Waals surface area contributed by atoms with Crippen molar-refractivity contribution < 1.29 is 13.2 Å². The Labute approximate surface area is 69.0 Å². The van der Waals surface area contributed by atoms with Gasteiger partial charge in [-0.15, -0.1) is 0 Å². The molecule has 0 fully saturated rings. The van der Waals surface area contributed by atoms with Crippen LogP contribution in [0.1, 0.15) is 20.3 Å². The van der Waals surface area contributed by atoms with E-state index in [1.807, 2.05) is 0 Å². The normalized spacial score (nSPS) is 22.2. The lowest BCUT2D eigenvalue weighted by atomic mass is 9.87. The molecule has 68 valence electrons. The molecule has 0 unspecified atom stereocenters. The van der Waals surface area contributed by atoms with E-state index >= 15 is 0 Å². The minimum atomic E-state index is -4.31. The molecule has 12 heavy (non-hydrogen) atoms. The second-order valence-corrected chi connectivity index (χ2v) is 3.53. The van der Waals surface area contributed by atoms with Gasteiger partial charge in [0.05, 0.1) is 0 Å². The Bertz CT molecular complexity index is 232. The summed E-state index contributed by atoms with van der Waals surface area (Å²) in [5.74, 6) is 0. The van der Waals surface area contributed by atoms with Gasteiger partial charge >= 0.3 is 6.18 Å². The van der Waals surface area contributed by atoms with Crippen LogP contribution in [0.25, 0.3) is 0 Å². The molecule has 0 aromatic carbocycles. The van der Waals surface area contributed by atoms with Crippen molar-refractivity contribution in [2.45, 2.75) is 26.4 Å². The summed E-state index contributed by atoms with van der Waals surface area (Å²) in [5.41, 5.74) is -1.20. The monoisotopic (exact) mass is 177 g/mol. The lowest BCUT2D eigenvalue weighted by Gasteiger charge is -2.23. The number of halogens is 3. The molecule has 1 heterocycles. The van der Waals surface area contributed by atoms with Crippen molar-refractivity contribution in [2.75, 3.05) is 0 Å². The van der Waals surface area contributed by atoms with Crippen molar-refractivity contribution in [1.29, 1.82) is 0 Å². The summed E-state index contributed by atoms with van der Waals surface area (Å²) >= 11 is 0. The number of allylic oxidation sites excluding steroid dienone is 2. The molecule has 0 N–H and O–H groups in total. The molecule has 0 amide bonds. The zero-order chi connectivity index (χ0) is 9.41. The molecule has 0 saturated heterocycles. The smallest absolute Gasteiger partial charge is 0.256 e. The SMILES string of the molecule is CC1(C)C=C(C(F)(F)F)N=CC1. The minimum absolute atomic E-state index is 0.424. The fourth-order valence-corrected chi connectivity index (χ4v) is 1.00. The van der Waals surface area contributed by atoms with Gasteiger partial charge in [-0.2, -0.15) is 13.2 Å². The fraction of sp³-hybridized carbons (Fsp3) is 0.625. The van der Waals surface area contributed by atoms with Crippen LogP contribution in [0.5, 0.6) is 0 Å². The van der Waals surface area contributed by atoms with Crippen LogP contribution in [0, 0.1) is 5.41 Å². The van der Waals surface area contributed by atoms with Crippen molar-refractivity contribution >= 4 is 6.21 Å². The molecule has 0 aromatic rings. The Hall–Kier alpha value is -0.800. The molecule has 4 heteroatoms. The molecule has 1 rings (SSSR count). The van der Waals surface area contributed by atoms with Gasteiger partial charge in [0.15, 0.2) is 0 Å². The quantitative estimate of drug-likeness (QED) is 0.539. The largest absolute Gasteiger partial charge is 0.433 e. The van der Waals surface area contributed by atoms with Crippen molar-refractivity contribution in [3.05, 3.63) is 11.8 Å². The van der Waals surface area contributed by atoms with Gasteiger partial charge in [0.25, 0.3) is 0 Å². The van der Waals surface area contributed by atoms with Crippen molar-refractivity contribution in [3.8, 4) is 0 Å². The number of hydrogen-bond acceptors (Lipinski definition) is 1. The second-order valence-electron chi connectivity index (χ2n) is 3.53. The Morgan fingerprint density at radius 3 is 2.33 bits per heavy atom. The summed E-state index contributed by atoms with van der Waals surface area (Å²) in [6, 6.07) is 0. The molecule has 0 spiro atoms. The first kappa shape index (κ1) is 9.29. The van der Waals surface area contributed by atoms with E-state index in [4.69, 9.17) is 0 Å². The van der Waals surface area contributed by atoms with Gasteiger partial charge in [-0.3, -0.25) is 4.99 Å². The summed E-state index contributed by atoms with van der Waals surface area (Å²) in [5, 5.41) is 0. The number of hydrogen-bond donors (Lipinski definition) is 0. The van der Waals surface area contributed by atoms with Crippen molar-refractivity contribution in [2.24, 2.45) is 10.4 Å². The van der Waals surface area contributed by atoms with E-state index in [1.54, 1.807) is 13.8 Å². The predicted octanol–water partition coefficient (Wildman–Crippen LogP) is 2.93. The lowest BCUT2D eigenvalue weighted by molar-refractivity contribution is -0.0934. The molecular weight excluding hydrogens is 167 g/mol. The highest BCUT2D eigenvalue weighted by molar-refractivity contribution is 5.62. The molecule has 0 radical (unpaired) electrons. The molecule has 1 nitrogen and oxygen atoms in total. The summed E-state index contributed by atoms with van der Waals surface area (Å²) < 4.78 is 36.3. The van der Waals surface area contributed by atoms with E-state index in [2.05, 4.69) is 4.99 Å². The zero-order valence-electron chi connectivity index (χ0n) is 6.94. The average Bonchev–Trinajstić information content (AvgIpc) is 1.83. The molecule has 1 aliphatic heterocycles. The van der Waals surface area contributed by atoms with E-state index in [9.17, 15) is 13.2 Å². The Kier molecular flexibility index (Phi) is 2.02. The van der Waals surface area contributed by atoms with Crippen LogP contribution in [0.15, 0.2) is 16.8 Å². The summed E-state index contributed by atoms with van der Waals surface area (Å²) in [6.07, 6.45) is -1.25. The third-order valence-electron chi connectivity index (χ3n) is 1.67. The highest BCUT2D eigenvalue weighted by Crippen LogP contribution is 2.34. The van der Waals surface area contributed by atoms with Gasteiger partial charge < -0.3 is 0 Å². The van der Waals surface area contributed by atoms with E-state index in [0.717, 1.165) is 0 Å². The van der Waals surface area contributed by atoms with Gasteiger partial charge in [-0.05, 0) is 17.9 Å². The molecule has 0 atom stereocenters. The van der Waals surface area contributed by atoms with Crippen LogP contribution in [0.3, 0.4) is 0 Å². The number of alkyl halides is 3. The molecule has 0 aliphatic carbocycles. The van der Waals surface area contributed by atoms with Crippen LogP contribution in [-0.2, 0) is 0 Å². The molecular formula is C8H10F3N. The van der Waals surface area contributed by atoms with Crippen LogP contribution >= 0.6 is 0 Å². The maximum atomic E-state index is 12.1. The van der Waals surface area contributed by atoms with E-state index < -0.39 is 17.3 Å². The third-order valence-corrected chi connectivity index (χ3v) is 1.67. The van der Waals surface area contributed by atoms with Crippen LogP contribution in [-0.4, -0.2) is 12.4 Å². The maximum absolute atomic E-state index is 12.1. The summed E-state index contributed by atoms with van der Waals surface area (Å²) in [4.78, 5) is 3.31. The topological polar surface area (TPSA) is 12.4 Å². The standard InChI is InChI=1S/C8H10F3N/c1-7(2)3-4-12-6(5-7)8(9,10)11/h4-5H,3H2,1-2H3. The Morgan fingerprint density at radius 2 is 2.00 bits per heavy atom. The van der Waals surface area contributed by atoms with Crippen LogP contribution in [0.2, 0.25) is 0 Å². The van der Waals surface area contributed by atoms with Crippen molar-refractivity contribution in [1.82, 2.24) is 0 Å². The fourth-order valence-electron chi connectivity index (χ4n) is 1.00. The van der Waals surface area contributed by atoms with E-state index in [-0.39, 0.29) is 0 Å². The first-order valence-corrected chi connectivity index (χ1v) is 3.64. The maximum Gasteiger partial charge on any atom is 0.433 e. The molecule has 0 aromatic heterocycles. The second kappa shape index (κ2) is 2.61. The van der Waals surface area contributed by atoms with Gasteiger partial charge in [-0.25, -0.2) is 0 Å². The molecule has 0 saturated carbocycles. The highest BCUT2D eigenvalue weighted by Gasteiger charge is 2.36. The highest BCUT2D eigenvalue weighted by atomic mass is 19.4. The van der Waals surface area contributed by atoms with Crippen LogP contribution in [0.4, 0.5) is 13.2 Å². The predicted molar refractivity (Wildman–Crippen MR) is 41.0 cm³/mol. The number of nitrogens with zero attached hydrogens (tertiary/aromatic N) is 1. The third kappa shape index (κ3) is 2.09. The first-order chi connectivity index (χ1) is 5.31. The number of rotatable bonds is 0. The number of aliphatic imine (C=N–C) groups is 1.